The smallest absolute Gasteiger partial charge is 0.356 e. The Labute approximate surface area is 122 Å². The molecule has 0 saturated carbocycles. The molecular formula is C15H17N3O3. The van der Waals surface area contributed by atoms with E-state index in [0.29, 0.717) is 6.54 Å². The van der Waals surface area contributed by atoms with Gasteiger partial charge in [-0.05, 0) is 24.1 Å². The van der Waals surface area contributed by atoms with E-state index in [1.54, 1.807) is 6.20 Å². The van der Waals surface area contributed by atoms with Gasteiger partial charge in [0.25, 0.3) is 0 Å². The number of para-hydroxylation sites is 1. The highest BCUT2D eigenvalue weighted by atomic mass is 16.4. The number of nitrogens with one attached hydrogen (secondary N) is 1. The van der Waals surface area contributed by atoms with Crippen molar-refractivity contribution >= 4 is 17.6 Å². The molecule has 0 saturated heterocycles. The Kier molecular flexibility index (Phi) is 4.71. The van der Waals surface area contributed by atoms with Gasteiger partial charge in [-0.2, -0.15) is 5.10 Å². The van der Waals surface area contributed by atoms with Crippen molar-refractivity contribution in [3.8, 4) is 0 Å². The van der Waals surface area contributed by atoms with E-state index in [4.69, 9.17) is 5.11 Å². The Morgan fingerprint density at radius 3 is 2.71 bits per heavy atom. The normalized spacial score (nSPS) is 10.3. The van der Waals surface area contributed by atoms with E-state index in [9.17, 15) is 9.59 Å². The number of hydrogen-bond donors (Lipinski definition) is 2. The van der Waals surface area contributed by atoms with Gasteiger partial charge in [0.2, 0.25) is 5.91 Å². The fourth-order valence-corrected chi connectivity index (χ4v) is 1.98. The summed E-state index contributed by atoms with van der Waals surface area (Å²) < 4.78 is 1.45. The zero-order valence-corrected chi connectivity index (χ0v) is 11.7. The molecule has 1 amide bonds. The fraction of sp³-hybridized carbons (Fsp3) is 0.267. The van der Waals surface area contributed by atoms with Crippen molar-refractivity contribution in [1.82, 2.24) is 9.78 Å². The monoisotopic (exact) mass is 287 g/mol. The van der Waals surface area contributed by atoms with Crippen LogP contribution in [0.15, 0.2) is 36.5 Å². The predicted molar refractivity (Wildman–Crippen MR) is 78.3 cm³/mol. The first-order valence-electron chi connectivity index (χ1n) is 6.74. The van der Waals surface area contributed by atoms with Gasteiger partial charge < -0.3 is 10.4 Å². The lowest BCUT2D eigenvalue weighted by Crippen LogP contribution is -2.16. The summed E-state index contributed by atoms with van der Waals surface area (Å²) in [6.45, 7) is 2.37. The van der Waals surface area contributed by atoms with Gasteiger partial charge in [0.05, 0.1) is 0 Å². The molecule has 1 aromatic heterocycles. The highest BCUT2D eigenvalue weighted by Gasteiger charge is 2.09. The van der Waals surface area contributed by atoms with E-state index in [2.05, 4.69) is 10.4 Å². The molecule has 110 valence electrons. The summed E-state index contributed by atoms with van der Waals surface area (Å²) in [5, 5.41) is 15.5. The second-order valence-corrected chi connectivity index (χ2v) is 4.58. The molecule has 6 heteroatoms. The largest absolute Gasteiger partial charge is 0.476 e. The summed E-state index contributed by atoms with van der Waals surface area (Å²) in [5.41, 5.74) is 1.88. The van der Waals surface area contributed by atoms with Crippen LogP contribution in [0.2, 0.25) is 0 Å². The zero-order valence-electron chi connectivity index (χ0n) is 11.7. The van der Waals surface area contributed by atoms with Crippen molar-refractivity contribution in [3.63, 3.8) is 0 Å². The number of aromatic carboxylic acids is 1. The standard InChI is InChI=1S/C15H17N3O3/c1-2-11-5-3-4-6-12(11)16-14(19)8-10-18-9-7-13(17-18)15(20)21/h3-7,9H,2,8,10H2,1H3,(H,16,19)(H,20,21). The van der Waals surface area contributed by atoms with Crippen LogP contribution in [0.25, 0.3) is 0 Å². The average molecular weight is 287 g/mol. The molecule has 0 unspecified atom stereocenters. The number of anilines is 1. The molecule has 0 spiro atoms. The summed E-state index contributed by atoms with van der Waals surface area (Å²) in [6, 6.07) is 9.06. The van der Waals surface area contributed by atoms with Gasteiger partial charge in [0.1, 0.15) is 0 Å². The minimum absolute atomic E-state index is 0.0215. The summed E-state index contributed by atoms with van der Waals surface area (Å²) in [6.07, 6.45) is 2.63. The van der Waals surface area contributed by atoms with Crippen molar-refractivity contribution in [2.75, 3.05) is 5.32 Å². The van der Waals surface area contributed by atoms with Crippen LogP contribution in [0.4, 0.5) is 5.69 Å². The van der Waals surface area contributed by atoms with E-state index in [1.165, 1.54) is 10.7 Å². The highest BCUT2D eigenvalue weighted by Crippen LogP contribution is 2.15. The first kappa shape index (κ1) is 14.8. The number of hydrogen-bond acceptors (Lipinski definition) is 3. The van der Waals surface area contributed by atoms with Gasteiger partial charge >= 0.3 is 5.97 Å². The van der Waals surface area contributed by atoms with Gasteiger partial charge in [-0.25, -0.2) is 4.79 Å². The summed E-state index contributed by atoms with van der Waals surface area (Å²) in [4.78, 5) is 22.6. The molecule has 0 radical (unpaired) electrons. The van der Waals surface area contributed by atoms with Crippen LogP contribution in [0.1, 0.15) is 29.4 Å². The van der Waals surface area contributed by atoms with Gasteiger partial charge in [-0.1, -0.05) is 25.1 Å². The lowest BCUT2D eigenvalue weighted by molar-refractivity contribution is -0.116. The average Bonchev–Trinajstić information content (AvgIpc) is 2.95. The third kappa shape index (κ3) is 3.92. The first-order valence-corrected chi connectivity index (χ1v) is 6.74. The van der Waals surface area contributed by atoms with Crippen LogP contribution in [0.3, 0.4) is 0 Å². The van der Waals surface area contributed by atoms with Crippen LogP contribution in [0.5, 0.6) is 0 Å². The van der Waals surface area contributed by atoms with Crippen LogP contribution >= 0.6 is 0 Å². The highest BCUT2D eigenvalue weighted by molar-refractivity contribution is 5.91. The number of carboxylic acid groups (broad SMARTS) is 1. The van der Waals surface area contributed by atoms with Crippen molar-refractivity contribution in [3.05, 3.63) is 47.8 Å². The summed E-state index contributed by atoms with van der Waals surface area (Å²) in [7, 11) is 0. The minimum atomic E-state index is -1.07. The second kappa shape index (κ2) is 6.69. The molecule has 21 heavy (non-hydrogen) atoms. The number of carboxylic acids is 1. The van der Waals surface area contributed by atoms with Gasteiger partial charge in [-0.15, -0.1) is 0 Å². The molecule has 0 aliphatic heterocycles. The Morgan fingerprint density at radius 2 is 2.05 bits per heavy atom. The number of benzene rings is 1. The lowest BCUT2D eigenvalue weighted by atomic mass is 10.1. The molecule has 0 aliphatic carbocycles. The van der Waals surface area contributed by atoms with Gasteiger partial charge in [-0.3, -0.25) is 9.48 Å². The van der Waals surface area contributed by atoms with Crippen LogP contribution in [-0.4, -0.2) is 26.8 Å². The van der Waals surface area contributed by atoms with Crippen LogP contribution in [0, 0.1) is 0 Å². The van der Waals surface area contributed by atoms with E-state index >= 15 is 0 Å². The van der Waals surface area contributed by atoms with Crippen molar-refractivity contribution in [2.24, 2.45) is 0 Å². The molecule has 0 bridgehead atoms. The van der Waals surface area contributed by atoms with E-state index in [-0.39, 0.29) is 18.0 Å². The minimum Gasteiger partial charge on any atom is -0.476 e. The molecule has 0 atom stereocenters. The Balaban J connectivity index is 1.91. The SMILES string of the molecule is CCc1ccccc1NC(=O)CCn1ccc(C(=O)O)n1. The topological polar surface area (TPSA) is 84.2 Å². The van der Waals surface area contributed by atoms with Crippen LogP contribution in [-0.2, 0) is 17.8 Å². The summed E-state index contributed by atoms with van der Waals surface area (Å²) >= 11 is 0. The van der Waals surface area contributed by atoms with E-state index < -0.39 is 5.97 Å². The van der Waals surface area contributed by atoms with Crippen molar-refractivity contribution in [2.45, 2.75) is 26.3 Å². The number of aromatic nitrogens is 2. The van der Waals surface area contributed by atoms with E-state index in [1.807, 2.05) is 31.2 Å². The number of amides is 1. The quantitative estimate of drug-likeness (QED) is 0.852. The number of carbonyl (C=O) groups excluding carboxylic acids is 1. The van der Waals surface area contributed by atoms with Crippen LogP contribution < -0.4 is 5.32 Å². The Hall–Kier alpha value is -2.63. The Morgan fingerprint density at radius 1 is 1.29 bits per heavy atom. The maximum Gasteiger partial charge on any atom is 0.356 e. The fourth-order valence-electron chi connectivity index (χ4n) is 1.98. The molecule has 2 N–H and O–H groups in total. The van der Waals surface area contributed by atoms with Gasteiger partial charge in [0, 0.05) is 24.8 Å². The third-order valence-electron chi connectivity index (χ3n) is 3.10. The Bertz CT molecular complexity index is 649. The summed E-state index contributed by atoms with van der Waals surface area (Å²) in [5.74, 6) is -1.20. The molecule has 2 aromatic rings. The number of aryl methyl sites for hydroxylation is 2. The molecule has 1 aromatic carbocycles. The van der Waals surface area contributed by atoms with Crippen molar-refractivity contribution in [1.29, 1.82) is 0 Å². The third-order valence-corrected chi connectivity index (χ3v) is 3.10. The lowest BCUT2D eigenvalue weighted by Gasteiger charge is -2.09. The van der Waals surface area contributed by atoms with Crippen molar-refractivity contribution < 1.29 is 14.7 Å². The molecule has 6 nitrogen and oxygen atoms in total. The first-order chi connectivity index (χ1) is 10.1. The molecule has 1 heterocycles. The van der Waals surface area contributed by atoms with E-state index in [0.717, 1.165) is 17.7 Å². The maximum atomic E-state index is 11.9. The molecule has 0 aliphatic rings. The van der Waals surface area contributed by atoms with Gasteiger partial charge in [0.15, 0.2) is 5.69 Å². The number of rotatable bonds is 6. The predicted octanol–water partition coefficient (Wildman–Crippen LogP) is 2.17. The molecular weight excluding hydrogens is 270 g/mol. The molecule has 0 fully saturated rings. The molecule has 2 rings (SSSR count). The number of nitrogens with zero attached hydrogens (tertiary/aromatic N) is 2. The second-order valence-electron chi connectivity index (χ2n) is 4.58. The number of carbonyl (C=O) groups is 2. The maximum absolute atomic E-state index is 11.9. The zero-order chi connectivity index (χ0) is 15.2.